The summed E-state index contributed by atoms with van der Waals surface area (Å²) in [5, 5.41) is 11.6. The standard InChI is InChI=1S/C16H20N2O5S/c1-24-5-4-10(16(22)23)17-11(19)7-18-14(20)12-8-2-3-9(6-8)13(12)15(18)21/h2-3,8-10,12-13H,4-7H2,1H3,(H,17,19)(H,22,23). The van der Waals surface area contributed by atoms with Gasteiger partial charge in [0.15, 0.2) is 0 Å². The van der Waals surface area contributed by atoms with Crippen LogP contribution < -0.4 is 5.32 Å². The second kappa shape index (κ2) is 6.58. The molecule has 3 aliphatic rings. The zero-order chi connectivity index (χ0) is 17.4. The molecule has 2 aliphatic carbocycles. The second-order valence-corrected chi connectivity index (χ2v) is 7.49. The first kappa shape index (κ1) is 17.0. The lowest BCUT2D eigenvalue weighted by molar-refractivity contribution is -0.145. The molecule has 1 saturated heterocycles. The van der Waals surface area contributed by atoms with Crippen LogP contribution in [0.2, 0.25) is 0 Å². The Bertz CT molecular complexity index is 590. The average molecular weight is 352 g/mol. The monoisotopic (exact) mass is 352 g/mol. The fraction of sp³-hybridized carbons (Fsp3) is 0.625. The Hall–Kier alpha value is -1.83. The maximum absolute atomic E-state index is 12.5. The number of imide groups is 1. The number of nitrogens with one attached hydrogen (secondary N) is 1. The van der Waals surface area contributed by atoms with Gasteiger partial charge in [0.2, 0.25) is 17.7 Å². The molecule has 0 spiro atoms. The van der Waals surface area contributed by atoms with Crippen LogP contribution in [0.3, 0.4) is 0 Å². The van der Waals surface area contributed by atoms with Crippen LogP contribution in [0.25, 0.3) is 0 Å². The normalized spacial score (nSPS) is 31.5. The van der Waals surface area contributed by atoms with Crippen molar-refractivity contribution in [1.82, 2.24) is 10.2 Å². The predicted molar refractivity (Wildman–Crippen MR) is 87.0 cm³/mol. The Morgan fingerprint density at radius 2 is 1.88 bits per heavy atom. The molecule has 130 valence electrons. The number of allylic oxidation sites excluding steroid dienone is 2. The van der Waals surface area contributed by atoms with Crippen molar-refractivity contribution >= 4 is 35.5 Å². The van der Waals surface area contributed by atoms with Gasteiger partial charge in [-0.15, -0.1) is 0 Å². The number of nitrogens with zero attached hydrogens (tertiary/aromatic N) is 1. The molecular formula is C16H20N2O5S. The molecule has 1 saturated carbocycles. The van der Waals surface area contributed by atoms with Gasteiger partial charge in [-0.3, -0.25) is 19.3 Å². The fourth-order valence-electron chi connectivity index (χ4n) is 4.00. The van der Waals surface area contributed by atoms with Gasteiger partial charge >= 0.3 is 5.97 Å². The average Bonchev–Trinajstić information content (AvgIpc) is 3.21. The minimum Gasteiger partial charge on any atom is -0.480 e. The summed E-state index contributed by atoms with van der Waals surface area (Å²) >= 11 is 1.49. The minimum absolute atomic E-state index is 0.0952. The Morgan fingerprint density at radius 1 is 1.29 bits per heavy atom. The van der Waals surface area contributed by atoms with Gasteiger partial charge < -0.3 is 10.4 Å². The number of aliphatic carboxylic acids is 1. The van der Waals surface area contributed by atoms with Crippen molar-refractivity contribution in [3.05, 3.63) is 12.2 Å². The highest BCUT2D eigenvalue weighted by molar-refractivity contribution is 7.98. The Morgan fingerprint density at radius 3 is 2.38 bits per heavy atom. The highest BCUT2D eigenvalue weighted by Crippen LogP contribution is 2.52. The Balaban J connectivity index is 1.62. The molecule has 2 fully saturated rings. The lowest BCUT2D eigenvalue weighted by atomic mass is 9.85. The van der Waals surface area contributed by atoms with E-state index in [1.54, 1.807) is 0 Å². The topological polar surface area (TPSA) is 104 Å². The van der Waals surface area contributed by atoms with Gasteiger partial charge in [-0.2, -0.15) is 11.8 Å². The molecule has 5 atom stereocenters. The zero-order valence-electron chi connectivity index (χ0n) is 13.3. The van der Waals surface area contributed by atoms with E-state index in [1.807, 2.05) is 18.4 Å². The summed E-state index contributed by atoms with van der Waals surface area (Å²) in [6.07, 6.45) is 6.96. The van der Waals surface area contributed by atoms with Crippen molar-refractivity contribution in [2.45, 2.75) is 18.9 Å². The van der Waals surface area contributed by atoms with Crippen LogP contribution >= 0.6 is 11.8 Å². The number of thioether (sulfide) groups is 1. The van der Waals surface area contributed by atoms with Crippen molar-refractivity contribution in [1.29, 1.82) is 0 Å². The summed E-state index contributed by atoms with van der Waals surface area (Å²) in [7, 11) is 0. The first-order chi connectivity index (χ1) is 11.4. The number of carboxylic acids is 1. The van der Waals surface area contributed by atoms with Crippen LogP contribution in [0.1, 0.15) is 12.8 Å². The van der Waals surface area contributed by atoms with Crippen LogP contribution in [0.4, 0.5) is 0 Å². The molecule has 0 aromatic heterocycles. The zero-order valence-corrected chi connectivity index (χ0v) is 14.1. The number of hydrogen-bond donors (Lipinski definition) is 2. The number of rotatable bonds is 7. The van der Waals surface area contributed by atoms with Crippen molar-refractivity contribution in [2.75, 3.05) is 18.6 Å². The lowest BCUT2D eigenvalue weighted by Gasteiger charge is -2.19. The molecule has 24 heavy (non-hydrogen) atoms. The summed E-state index contributed by atoms with van der Waals surface area (Å²) in [6, 6.07) is -1.00. The molecule has 8 heteroatoms. The van der Waals surface area contributed by atoms with Gasteiger partial charge in [0.25, 0.3) is 0 Å². The van der Waals surface area contributed by atoms with Gasteiger partial charge in [-0.1, -0.05) is 12.2 Å². The maximum atomic E-state index is 12.5. The van der Waals surface area contributed by atoms with E-state index in [4.69, 9.17) is 5.11 Å². The molecule has 2 N–H and O–H groups in total. The van der Waals surface area contributed by atoms with E-state index in [-0.39, 0.29) is 35.5 Å². The summed E-state index contributed by atoms with van der Waals surface area (Å²) in [6.45, 7) is -0.396. The third-order valence-corrected chi connectivity index (χ3v) is 5.75. The molecule has 3 amide bonds. The molecular weight excluding hydrogens is 332 g/mol. The largest absolute Gasteiger partial charge is 0.480 e. The molecule has 0 aromatic rings. The quantitative estimate of drug-likeness (QED) is 0.498. The lowest BCUT2D eigenvalue weighted by Crippen LogP contribution is -2.47. The fourth-order valence-corrected chi connectivity index (χ4v) is 4.47. The third-order valence-electron chi connectivity index (χ3n) is 5.11. The van der Waals surface area contributed by atoms with E-state index in [0.717, 1.165) is 11.3 Å². The first-order valence-electron chi connectivity index (χ1n) is 7.98. The van der Waals surface area contributed by atoms with E-state index in [1.165, 1.54) is 11.8 Å². The van der Waals surface area contributed by atoms with Crippen LogP contribution in [0.5, 0.6) is 0 Å². The van der Waals surface area contributed by atoms with E-state index in [0.29, 0.717) is 12.2 Å². The van der Waals surface area contributed by atoms with Gasteiger partial charge in [0.05, 0.1) is 11.8 Å². The molecule has 7 nitrogen and oxygen atoms in total. The molecule has 0 aromatic carbocycles. The number of carbonyl (C=O) groups is 4. The summed E-state index contributed by atoms with van der Waals surface area (Å²) in [4.78, 5) is 49.3. The van der Waals surface area contributed by atoms with E-state index in [9.17, 15) is 19.2 Å². The number of carbonyl (C=O) groups excluding carboxylic acids is 3. The Labute approximate surface area is 143 Å². The molecule has 5 unspecified atom stereocenters. The number of hydrogen-bond acceptors (Lipinski definition) is 5. The highest BCUT2D eigenvalue weighted by atomic mass is 32.2. The van der Waals surface area contributed by atoms with E-state index >= 15 is 0 Å². The molecule has 1 heterocycles. The second-order valence-electron chi connectivity index (χ2n) is 6.50. The smallest absolute Gasteiger partial charge is 0.326 e. The van der Waals surface area contributed by atoms with Crippen molar-refractivity contribution in [2.24, 2.45) is 23.7 Å². The first-order valence-corrected chi connectivity index (χ1v) is 9.38. The summed E-state index contributed by atoms with van der Waals surface area (Å²) < 4.78 is 0. The molecule has 3 rings (SSSR count). The number of likely N-dealkylation sites (tertiary alicyclic amines) is 1. The van der Waals surface area contributed by atoms with E-state index in [2.05, 4.69) is 5.32 Å². The van der Waals surface area contributed by atoms with Crippen molar-refractivity contribution in [3.63, 3.8) is 0 Å². The van der Waals surface area contributed by atoms with Crippen LogP contribution in [-0.4, -0.2) is 58.3 Å². The maximum Gasteiger partial charge on any atom is 0.326 e. The number of amides is 3. The van der Waals surface area contributed by atoms with Gasteiger partial charge in [0, 0.05) is 0 Å². The van der Waals surface area contributed by atoms with Gasteiger partial charge in [-0.25, -0.2) is 4.79 Å². The number of carboxylic acid groups (broad SMARTS) is 1. The summed E-state index contributed by atoms with van der Waals surface area (Å²) in [5.41, 5.74) is 0. The van der Waals surface area contributed by atoms with Crippen molar-refractivity contribution < 1.29 is 24.3 Å². The minimum atomic E-state index is -1.12. The molecule has 0 radical (unpaired) electrons. The summed E-state index contributed by atoms with van der Waals surface area (Å²) in [5.74, 6) is -2.21. The molecule has 2 bridgehead atoms. The van der Waals surface area contributed by atoms with Crippen molar-refractivity contribution in [3.8, 4) is 0 Å². The van der Waals surface area contributed by atoms with Gasteiger partial charge in [0.1, 0.15) is 12.6 Å². The van der Waals surface area contributed by atoms with Crippen LogP contribution in [0, 0.1) is 23.7 Å². The SMILES string of the molecule is CSCCC(NC(=O)CN1C(=O)C2C3C=CC(C3)C2C1=O)C(=O)O. The predicted octanol–water partition coefficient (Wildman–Crippen LogP) is 0.116. The Kier molecular flexibility index (Phi) is 4.67. The number of fused-ring (bicyclic) bond motifs is 5. The highest BCUT2D eigenvalue weighted by Gasteiger charge is 2.59. The van der Waals surface area contributed by atoms with E-state index < -0.39 is 24.5 Å². The van der Waals surface area contributed by atoms with Crippen LogP contribution in [-0.2, 0) is 19.2 Å². The van der Waals surface area contributed by atoms with Gasteiger partial charge in [-0.05, 0) is 36.7 Å². The van der Waals surface area contributed by atoms with Crippen LogP contribution in [0.15, 0.2) is 12.2 Å². The molecule has 1 aliphatic heterocycles. The third kappa shape index (κ3) is 2.83.